The summed E-state index contributed by atoms with van der Waals surface area (Å²) in [5, 5.41) is 24.3. The summed E-state index contributed by atoms with van der Waals surface area (Å²) >= 11 is 3.42. The molecule has 0 unspecified atom stereocenters. The number of aliphatic hydroxyl groups is 2. The average molecular weight is 565 g/mol. The van der Waals surface area contributed by atoms with Crippen molar-refractivity contribution in [1.82, 2.24) is 0 Å². The van der Waals surface area contributed by atoms with Gasteiger partial charge in [-0.1, -0.05) is 30.3 Å². The van der Waals surface area contributed by atoms with Crippen LogP contribution in [0.25, 0.3) is 21.9 Å². The van der Waals surface area contributed by atoms with Gasteiger partial charge >= 0.3 is 0 Å². The summed E-state index contributed by atoms with van der Waals surface area (Å²) in [6.45, 7) is -0.670. The Balaban J connectivity index is 1.89. The summed E-state index contributed by atoms with van der Waals surface area (Å²) < 4.78 is 12.0. The van der Waals surface area contributed by atoms with Crippen LogP contribution in [-0.4, -0.2) is 44.4 Å². The van der Waals surface area contributed by atoms with Crippen molar-refractivity contribution >= 4 is 44.0 Å². The van der Waals surface area contributed by atoms with Gasteiger partial charge in [0.25, 0.3) is 5.91 Å². The van der Waals surface area contributed by atoms with Crippen LogP contribution < -0.4 is 19.7 Å². The predicted octanol–water partition coefficient (Wildman–Crippen LogP) is 5.59. The molecule has 0 atom stereocenters. The molecule has 0 aliphatic heterocycles. The van der Waals surface area contributed by atoms with Crippen molar-refractivity contribution in [2.24, 2.45) is 0 Å². The average Bonchev–Trinajstić information content (AvgIpc) is 2.91. The summed E-state index contributed by atoms with van der Waals surface area (Å²) in [6.07, 6.45) is 0. The minimum absolute atomic E-state index is 0.269. The van der Waals surface area contributed by atoms with Crippen molar-refractivity contribution in [3.63, 3.8) is 0 Å². The number of anilines is 2. The minimum Gasteiger partial charge on any atom is -0.493 e. The van der Waals surface area contributed by atoms with Crippen molar-refractivity contribution in [1.29, 1.82) is 0 Å². The van der Waals surface area contributed by atoms with E-state index in [1.807, 2.05) is 67.5 Å². The lowest BCUT2D eigenvalue weighted by Gasteiger charge is -2.20. The van der Waals surface area contributed by atoms with E-state index in [0.717, 1.165) is 27.6 Å². The molecule has 4 aromatic carbocycles. The molecule has 0 spiro atoms. The lowest BCUT2D eigenvalue weighted by molar-refractivity contribution is 0.102. The number of methoxy groups -OCH3 is 2. The van der Waals surface area contributed by atoms with Crippen molar-refractivity contribution < 1.29 is 24.5 Å². The molecule has 0 bridgehead atoms. The standard InChI is InChI=1S/C29H29BrN2O5/c1-32(2)19-11-8-17(9-12-19)26-20-6-5-7-24(21(20)14-25(36-3)28(26)37-4)31-29(35)27-22(16-34)18(15-33)10-13-23(27)30/h5-14,33-34H,15-16H2,1-4H3,(H,31,35). The van der Waals surface area contributed by atoms with E-state index in [1.54, 1.807) is 26.4 Å². The number of hydrogen-bond acceptors (Lipinski definition) is 6. The molecule has 0 saturated heterocycles. The van der Waals surface area contributed by atoms with Crippen molar-refractivity contribution in [3.05, 3.63) is 81.8 Å². The summed E-state index contributed by atoms with van der Waals surface area (Å²) in [4.78, 5) is 15.5. The molecule has 8 heteroatoms. The third-order valence-corrected chi connectivity index (χ3v) is 7.02. The molecule has 0 fully saturated rings. The molecule has 0 aliphatic rings. The summed E-state index contributed by atoms with van der Waals surface area (Å²) in [6, 6.07) is 19.0. The van der Waals surface area contributed by atoms with Crippen LogP contribution in [0.4, 0.5) is 11.4 Å². The molecule has 0 radical (unpaired) electrons. The number of carbonyl (C=O) groups excluding carboxylic acids is 1. The molecular formula is C29H29BrN2O5. The number of nitrogens with one attached hydrogen (secondary N) is 1. The molecule has 4 aromatic rings. The number of hydrogen-bond donors (Lipinski definition) is 3. The topological polar surface area (TPSA) is 91.3 Å². The van der Waals surface area contributed by atoms with E-state index in [2.05, 4.69) is 21.2 Å². The largest absolute Gasteiger partial charge is 0.493 e. The SMILES string of the molecule is COc1cc2c(NC(=O)c3c(Br)ccc(CO)c3CO)cccc2c(-c2ccc(N(C)C)cc2)c1OC. The highest BCUT2D eigenvalue weighted by atomic mass is 79.9. The number of halogens is 1. The Morgan fingerprint density at radius 2 is 1.68 bits per heavy atom. The zero-order valence-electron chi connectivity index (χ0n) is 21.1. The first-order chi connectivity index (χ1) is 17.8. The molecular weight excluding hydrogens is 536 g/mol. The third-order valence-electron chi connectivity index (χ3n) is 6.36. The van der Waals surface area contributed by atoms with Gasteiger partial charge in [-0.2, -0.15) is 0 Å². The normalized spacial score (nSPS) is 10.9. The predicted molar refractivity (Wildman–Crippen MR) is 151 cm³/mol. The molecule has 37 heavy (non-hydrogen) atoms. The molecule has 4 rings (SSSR count). The number of rotatable bonds is 8. The van der Waals surface area contributed by atoms with Gasteiger partial charge in [0.1, 0.15) is 0 Å². The van der Waals surface area contributed by atoms with Crippen molar-refractivity contribution in [2.45, 2.75) is 13.2 Å². The maximum Gasteiger partial charge on any atom is 0.257 e. The fraction of sp³-hybridized carbons (Fsp3) is 0.207. The van der Waals surface area contributed by atoms with E-state index < -0.39 is 5.91 Å². The smallest absolute Gasteiger partial charge is 0.257 e. The van der Waals surface area contributed by atoms with Gasteiger partial charge in [0.15, 0.2) is 11.5 Å². The molecule has 3 N–H and O–H groups in total. The first kappa shape index (κ1) is 26.5. The van der Waals surface area contributed by atoms with Crippen LogP contribution in [0.1, 0.15) is 21.5 Å². The van der Waals surface area contributed by atoms with E-state index >= 15 is 0 Å². The number of fused-ring (bicyclic) bond motifs is 1. The van der Waals surface area contributed by atoms with Gasteiger partial charge in [-0.15, -0.1) is 0 Å². The highest BCUT2D eigenvalue weighted by Gasteiger charge is 2.22. The highest BCUT2D eigenvalue weighted by molar-refractivity contribution is 9.10. The fourth-order valence-corrected chi connectivity index (χ4v) is 5.03. The Labute approximate surface area is 224 Å². The Hall–Kier alpha value is -3.59. The second-order valence-corrected chi connectivity index (χ2v) is 9.51. The van der Waals surface area contributed by atoms with E-state index in [0.29, 0.717) is 32.8 Å². The first-order valence-electron chi connectivity index (χ1n) is 11.6. The molecule has 0 saturated carbocycles. The van der Waals surface area contributed by atoms with Crippen LogP contribution >= 0.6 is 15.9 Å². The first-order valence-corrected chi connectivity index (χ1v) is 12.4. The maximum absolute atomic E-state index is 13.5. The Bertz CT molecular complexity index is 1450. The number of ether oxygens (including phenoxy) is 2. The van der Waals surface area contributed by atoms with E-state index in [4.69, 9.17) is 9.47 Å². The number of amides is 1. The quantitative estimate of drug-likeness (QED) is 0.258. The Morgan fingerprint density at radius 1 is 0.946 bits per heavy atom. The van der Waals surface area contributed by atoms with Crippen LogP contribution in [0.15, 0.2) is 65.1 Å². The van der Waals surface area contributed by atoms with Crippen LogP contribution in [0.3, 0.4) is 0 Å². The summed E-state index contributed by atoms with van der Waals surface area (Å²) in [7, 11) is 7.16. The van der Waals surface area contributed by atoms with Gasteiger partial charge in [0, 0.05) is 40.9 Å². The number of aliphatic hydroxyl groups excluding tert-OH is 2. The fourth-order valence-electron chi connectivity index (χ4n) is 4.48. The molecule has 192 valence electrons. The van der Waals surface area contributed by atoms with Crippen LogP contribution in [0.5, 0.6) is 11.5 Å². The van der Waals surface area contributed by atoms with Gasteiger partial charge in [0.05, 0.1) is 33.0 Å². The Kier molecular flexibility index (Phi) is 8.02. The number of benzene rings is 4. The van der Waals surface area contributed by atoms with Crippen molar-refractivity contribution in [2.75, 3.05) is 38.5 Å². The van der Waals surface area contributed by atoms with Gasteiger partial charge in [0.2, 0.25) is 0 Å². The van der Waals surface area contributed by atoms with Crippen LogP contribution in [-0.2, 0) is 13.2 Å². The van der Waals surface area contributed by atoms with Crippen LogP contribution in [0, 0.1) is 0 Å². The zero-order chi connectivity index (χ0) is 26.7. The van der Waals surface area contributed by atoms with Gasteiger partial charge < -0.3 is 29.9 Å². The molecule has 1 amide bonds. The molecule has 0 heterocycles. The lowest BCUT2D eigenvalue weighted by atomic mass is 9.95. The van der Waals surface area contributed by atoms with Gasteiger partial charge in [-0.25, -0.2) is 0 Å². The van der Waals surface area contributed by atoms with Crippen molar-refractivity contribution in [3.8, 4) is 22.6 Å². The number of carbonyl (C=O) groups is 1. The Morgan fingerprint density at radius 3 is 2.27 bits per heavy atom. The zero-order valence-corrected chi connectivity index (χ0v) is 22.7. The minimum atomic E-state index is -0.412. The number of nitrogens with zero attached hydrogens (tertiary/aromatic N) is 1. The van der Waals surface area contributed by atoms with Gasteiger partial charge in [-0.3, -0.25) is 4.79 Å². The van der Waals surface area contributed by atoms with E-state index in [1.165, 1.54) is 0 Å². The van der Waals surface area contributed by atoms with Gasteiger partial charge in [-0.05, 0) is 68.3 Å². The molecule has 0 aromatic heterocycles. The summed E-state index contributed by atoms with van der Waals surface area (Å²) in [5.74, 6) is 0.713. The summed E-state index contributed by atoms with van der Waals surface area (Å²) in [5.41, 5.74) is 4.55. The second kappa shape index (κ2) is 11.2. The second-order valence-electron chi connectivity index (χ2n) is 8.66. The highest BCUT2D eigenvalue weighted by Crippen LogP contribution is 2.46. The third kappa shape index (κ3) is 5.00. The lowest BCUT2D eigenvalue weighted by Crippen LogP contribution is -2.17. The van der Waals surface area contributed by atoms with E-state index in [9.17, 15) is 15.0 Å². The maximum atomic E-state index is 13.5. The molecule has 0 aliphatic carbocycles. The molecule has 7 nitrogen and oxygen atoms in total. The monoisotopic (exact) mass is 564 g/mol. The van der Waals surface area contributed by atoms with E-state index in [-0.39, 0.29) is 18.8 Å². The van der Waals surface area contributed by atoms with Crippen LogP contribution in [0.2, 0.25) is 0 Å².